The maximum absolute atomic E-state index is 13.4. The fraction of sp³-hybridized carbons (Fsp3) is 0.261. The van der Waals surface area contributed by atoms with Gasteiger partial charge < -0.3 is 15.2 Å². The number of aliphatic hydroxyl groups excluding tert-OH is 1. The summed E-state index contributed by atoms with van der Waals surface area (Å²) in [5, 5.41) is 13.0. The van der Waals surface area contributed by atoms with Gasteiger partial charge in [0.05, 0.1) is 5.02 Å². The van der Waals surface area contributed by atoms with Crippen LogP contribution in [0.5, 0.6) is 0 Å². The number of hydrogen-bond acceptors (Lipinski definition) is 4. The van der Waals surface area contributed by atoms with E-state index in [4.69, 9.17) is 16.3 Å². The molecule has 2 N–H and O–H groups in total. The Kier molecular flexibility index (Phi) is 5.98. The van der Waals surface area contributed by atoms with Crippen molar-refractivity contribution in [1.82, 2.24) is 10.2 Å². The Balaban J connectivity index is 1.52. The number of hydrogen-bond donors (Lipinski definition) is 2. The molecular formula is C23H21ClF2N2O3. The monoisotopic (exact) mass is 446 g/mol. The normalized spacial score (nSPS) is 23.2. The van der Waals surface area contributed by atoms with Gasteiger partial charge in [-0.15, -0.1) is 0 Å². The van der Waals surface area contributed by atoms with Crippen LogP contribution >= 0.6 is 11.6 Å². The number of halogens is 3. The van der Waals surface area contributed by atoms with Crippen molar-refractivity contribution in [2.45, 2.75) is 24.6 Å². The smallest absolute Gasteiger partial charge is 0.412 e. The number of ether oxygens (including phenoxy) is 1. The minimum Gasteiger partial charge on any atom is -0.438 e. The largest absolute Gasteiger partial charge is 0.438 e. The summed E-state index contributed by atoms with van der Waals surface area (Å²) in [7, 11) is 0. The van der Waals surface area contributed by atoms with Crippen LogP contribution in [0.2, 0.25) is 5.02 Å². The lowest BCUT2D eigenvalue weighted by Gasteiger charge is -2.44. The predicted octanol–water partition coefficient (Wildman–Crippen LogP) is 4.56. The van der Waals surface area contributed by atoms with Crippen LogP contribution < -0.4 is 5.32 Å². The average Bonchev–Trinajstić information content (AvgIpc) is 2.74. The number of dihydropyridines is 1. The molecule has 2 atom stereocenters. The summed E-state index contributed by atoms with van der Waals surface area (Å²) in [5.41, 5.74) is 0.884. The van der Waals surface area contributed by atoms with Crippen LogP contribution in [0.4, 0.5) is 13.6 Å². The number of carbonyl (C=O) groups excluding carboxylic acids is 1. The van der Waals surface area contributed by atoms with Crippen LogP contribution in [0, 0.1) is 11.6 Å². The summed E-state index contributed by atoms with van der Waals surface area (Å²) in [6, 6.07) is 9.88. The Morgan fingerprint density at radius 3 is 2.61 bits per heavy atom. The lowest BCUT2D eigenvalue weighted by molar-refractivity contribution is -0.0706. The Labute approximate surface area is 183 Å². The standard InChI is InChI=1S/C23H21ClF2N2O3/c24-19-14-17(26)8-9-18(19)20-2-1-3-21(27-20)28-12-10-23(11-13-29,31-22(28)30)15-4-6-16(25)7-5-15/h1-9,14,21,27,29H,10-13H2. The zero-order valence-electron chi connectivity index (χ0n) is 16.5. The summed E-state index contributed by atoms with van der Waals surface area (Å²) >= 11 is 6.18. The van der Waals surface area contributed by atoms with E-state index in [1.165, 1.54) is 29.2 Å². The lowest BCUT2D eigenvalue weighted by Crippen LogP contribution is -2.55. The van der Waals surface area contributed by atoms with Crippen molar-refractivity contribution >= 4 is 23.4 Å². The van der Waals surface area contributed by atoms with Crippen LogP contribution in [0.3, 0.4) is 0 Å². The molecule has 1 fully saturated rings. The van der Waals surface area contributed by atoms with Gasteiger partial charge in [-0.05, 0) is 48.0 Å². The lowest BCUT2D eigenvalue weighted by atomic mass is 9.86. The highest BCUT2D eigenvalue weighted by atomic mass is 35.5. The molecule has 0 spiro atoms. The summed E-state index contributed by atoms with van der Waals surface area (Å²) in [6.45, 7) is 0.171. The number of amides is 1. The topological polar surface area (TPSA) is 61.8 Å². The molecule has 5 nitrogen and oxygen atoms in total. The van der Waals surface area contributed by atoms with E-state index in [0.29, 0.717) is 29.8 Å². The number of cyclic esters (lactones) is 1. The summed E-state index contributed by atoms with van der Waals surface area (Å²) in [6.07, 6.45) is 4.97. The van der Waals surface area contributed by atoms with Crippen molar-refractivity contribution < 1.29 is 23.4 Å². The molecule has 0 radical (unpaired) electrons. The Morgan fingerprint density at radius 2 is 1.94 bits per heavy atom. The molecule has 2 aliphatic heterocycles. The number of aliphatic hydroxyl groups is 1. The van der Waals surface area contributed by atoms with E-state index >= 15 is 0 Å². The fourth-order valence-electron chi connectivity index (χ4n) is 3.95. The molecule has 2 unspecified atom stereocenters. The van der Waals surface area contributed by atoms with Gasteiger partial charge in [0.1, 0.15) is 23.4 Å². The second kappa shape index (κ2) is 8.69. The first-order valence-electron chi connectivity index (χ1n) is 9.89. The van der Waals surface area contributed by atoms with E-state index in [1.54, 1.807) is 36.4 Å². The highest BCUT2D eigenvalue weighted by Crippen LogP contribution is 2.38. The highest BCUT2D eigenvalue weighted by Gasteiger charge is 2.43. The van der Waals surface area contributed by atoms with Crippen molar-refractivity contribution in [1.29, 1.82) is 0 Å². The van der Waals surface area contributed by atoms with Gasteiger partial charge in [0, 0.05) is 37.3 Å². The Bertz CT molecular complexity index is 1040. The van der Waals surface area contributed by atoms with E-state index < -0.39 is 23.7 Å². The van der Waals surface area contributed by atoms with Crippen molar-refractivity contribution in [2.75, 3.05) is 13.2 Å². The third kappa shape index (κ3) is 4.29. The predicted molar refractivity (Wildman–Crippen MR) is 113 cm³/mol. The van der Waals surface area contributed by atoms with E-state index in [1.807, 2.05) is 0 Å². The minimum absolute atomic E-state index is 0.178. The molecule has 2 heterocycles. The number of benzene rings is 2. The Hall–Kier alpha value is -2.90. The van der Waals surface area contributed by atoms with Crippen LogP contribution in [0.25, 0.3) is 5.70 Å². The third-order valence-corrected chi connectivity index (χ3v) is 5.89. The molecule has 2 aromatic rings. The molecule has 0 saturated carbocycles. The maximum Gasteiger partial charge on any atom is 0.412 e. The second-order valence-electron chi connectivity index (χ2n) is 7.46. The van der Waals surface area contributed by atoms with E-state index in [0.717, 1.165) is 0 Å². The van der Waals surface area contributed by atoms with Crippen LogP contribution in [0.1, 0.15) is 24.0 Å². The summed E-state index contributed by atoms with van der Waals surface area (Å²) in [5.74, 6) is -0.820. The zero-order chi connectivity index (χ0) is 22.0. The summed E-state index contributed by atoms with van der Waals surface area (Å²) in [4.78, 5) is 14.5. The zero-order valence-corrected chi connectivity index (χ0v) is 17.3. The van der Waals surface area contributed by atoms with Gasteiger partial charge in [-0.2, -0.15) is 0 Å². The average molecular weight is 447 g/mol. The van der Waals surface area contributed by atoms with E-state index in [-0.39, 0.29) is 23.9 Å². The highest BCUT2D eigenvalue weighted by molar-refractivity contribution is 6.32. The first-order valence-corrected chi connectivity index (χ1v) is 10.3. The van der Waals surface area contributed by atoms with Crippen molar-refractivity contribution in [3.05, 3.63) is 88.5 Å². The molecule has 4 rings (SSSR count). The fourth-order valence-corrected chi connectivity index (χ4v) is 4.22. The third-order valence-electron chi connectivity index (χ3n) is 5.58. The molecule has 0 aromatic heterocycles. The van der Waals surface area contributed by atoms with Gasteiger partial charge in [0.2, 0.25) is 0 Å². The summed E-state index contributed by atoms with van der Waals surface area (Å²) < 4.78 is 32.6. The molecular weight excluding hydrogens is 426 g/mol. The molecule has 162 valence electrons. The molecule has 31 heavy (non-hydrogen) atoms. The van der Waals surface area contributed by atoms with E-state index in [9.17, 15) is 18.7 Å². The molecule has 8 heteroatoms. The van der Waals surface area contributed by atoms with Gasteiger partial charge in [-0.25, -0.2) is 13.6 Å². The number of allylic oxidation sites excluding steroid dienone is 2. The van der Waals surface area contributed by atoms with E-state index in [2.05, 4.69) is 5.32 Å². The number of nitrogens with zero attached hydrogens (tertiary/aromatic N) is 1. The molecule has 1 saturated heterocycles. The maximum atomic E-state index is 13.4. The molecule has 2 aromatic carbocycles. The van der Waals surface area contributed by atoms with Gasteiger partial charge in [-0.1, -0.05) is 29.8 Å². The first-order chi connectivity index (χ1) is 14.9. The van der Waals surface area contributed by atoms with Gasteiger partial charge in [0.25, 0.3) is 0 Å². The van der Waals surface area contributed by atoms with Crippen molar-refractivity contribution in [2.24, 2.45) is 0 Å². The van der Waals surface area contributed by atoms with Crippen molar-refractivity contribution in [3.8, 4) is 0 Å². The molecule has 2 aliphatic rings. The molecule has 0 bridgehead atoms. The van der Waals surface area contributed by atoms with Crippen LogP contribution in [-0.2, 0) is 10.3 Å². The quantitative estimate of drug-likeness (QED) is 0.706. The van der Waals surface area contributed by atoms with Crippen LogP contribution in [-0.4, -0.2) is 35.4 Å². The number of nitrogens with one attached hydrogen (secondary N) is 1. The number of carbonyl (C=O) groups is 1. The SMILES string of the molecule is O=C1OC(CCO)(c2ccc(F)cc2)CCN1C1C=CC=C(c2ccc(F)cc2Cl)N1. The second-order valence-corrected chi connectivity index (χ2v) is 7.87. The van der Waals surface area contributed by atoms with Crippen LogP contribution in [0.15, 0.2) is 60.7 Å². The number of rotatable bonds is 5. The Morgan fingerprint density at radius 1 is 1.19 bits per heavy atom. The molecule has 0 aliphatic carbocycles. The van der Waals surface area contributed by atoms with Gasteiger partial charge in [0.15, 0.2) is 0 Å². The van der Waals surface area contributed by atoms with Crippen molar-refractivity contribution in [3.63, 3.8) is 0 Å². The van der Waals surface area contributed by atoms with Gasteiger partial charge in [-0.3, -0.25) is 4.90 Å². The molecule has 1 amide bonds. The van der Waals surface area contributed by atoms with Gasteiger partial charge >= 0.3 is 6.09 Å². The first kappa shape index (κ1) is 21.3. The minimum atomic E-state index is -1.02.